The van der Waals surface area contributed by atoms with Crippen molar-refractivity contribution in [3.05, 3.63) is 70.1 Å². The van der Waals surface area contributed by atoms with Crippen molar-refractivity contribution in [3.8, 4) is 6.07 Å². The number of aromatic nitrogens is 1. The highest BCUT2D eigenvalue weighted by Crippen LogP contribution is 2.04. The fourth-order valence-electron chi connectivity index (χ4n) is 1.95. The van der Waals surface area contributed by atoms with Crippen LogP contribution >= 0.6 is 0 Å². The molecule has 2 N–H and O–H groups in total. The Morgan fingerprint density at radius 1 is 1.32 bits per heavy atom. The number of aliphatic hydroxyl groups excluding tert-OH is 1. The van der Waals surface area contributed by atoms with E-state index in [0.29, 0.717) is 11.1 Å². The van der Waals surface area contributed by atoms with Crippen LogP contribution in [0.2, 0.25) is 0 Å². The first-order valence-corrected chi connectivity index (χ1v) is 6.72. The maximum Gasteiger partial charge on any atom is 0.251 e. The van der Waals surface area contributed by atoms with Crippen molar-refractivity contribution in [3.63, 3.8) is 0 Å². The second-order valence-electron chi connectivity index (χ2n) is 4.75. The van der Waals surface area contributed by atoms with Crippen molar-refractivity contribution in [1.29, 1.82) is 5.26 Å². The number of nitrogens with one attached hydrogen (secondary N) is 1. The Kier molecular flexibility index (Phi) is 5.07. The molecule has 0 saturated heterocycles. The molecule has 0 bridgehead atoms. The standard InChI is InChI=1S/C16H15N3O3/c17-9-12-4-3-5-13(8-12)16(22)18-10-14(20)11-19-7-2-1-6-15(19)21/h1-8,14,20H,10-11H2,(H,18,22). The zero-order valence-electron chi connectivity index (χ0n) is 11.8. The second kappa shape index (κ2) is 7.20. The molecule has 0 aliphatic heterocycles. The Bertz CT molecular complexity index is 761. The Morgan fingerprint density at radius 2 is 2.14 bits per heavy atom. The van der Waals surface area contributed by atoms with Gasteiger partial charge in [0.25, 0.3) is 11.5 Å². The van der Waals surface area contributed by atoms with E-state index < -0.39 is 6.10 Å². The lowest BCUT2D eigenvalue weighted by molar-refractivity contribution is 0.0903. The number of nitriles is 1. The van der Waals surface area contributed by atoms with Gasteiger partial charge in [-0.1, -0.05) is 12.1 Å². The molecule has 0 spiro atoms. The van der Waals surface area contributed by atoms with Gasteiger partial charge in [0.05, 0.1) is 24.3 Å². The van der Waals surface area contributed by atoms with Crippen molar-refractivity contribution in [2.45, 2.75) is 12.6 Å². The van der Waals surface area contributed by atoms with Crippen LogP contribution in [0.15, 0.2) is 53.5 Å². The molecule has 1 unspecified atom stereocenters. The average molecular weight is 297 g/mol. The summed E-state index contributed by atoms with van der Waals surface area (Å²) in [7, 11) is 0. The normalized spacial score (nSPS) is 11.5. The second-order valence-corrected chi connectivity index (χ2v) is 4.75. The molecule has 2 aromatic rings. The number of carbonyl (C=O) groups is 1. The fourth-order valence-corrected chi connectivity index (χ4v) is 1.95. The lowest BCUT2D eigenvalue weighted by atomic mass is 10.1. The van der Waals surface area contributed by atoms with Gasteiger partial charge in [-0.05, 0) is 24.3 Å². The molecule has 0 radical (unpaired) electrons. The molecule has 0 aliphatic rings. The number of hydrogen-bond acceptors (Lipinski definition) is 4. The van der Waals surface area contributed by atoms with Gasteiger partial charge in [-0.2, -0.15) is 5.26 Å². The van der Waals surface area contributed by atoms with Gasteiger partial charge in [0.15, 0.2) is 0 Å². The fraction of sp³-hybridized carbons (Fsp3) is 0.188. The molecule has 0 fully saturated rings. The third kappa shape index (κ3) is 4.04. The summed E-state index contributed by atoms with van der Waals surface area (Å²) in [6.45, 7) is 0.106. The smallest absolute Gasteiger partial charge is 0.251 e. The van der Waals surface area contributed by atoms with Crippen LogP contribution in [-0.2, 0) is 6.54 Å². The van der Waals surface area contributed by atoms with E-state index in [2.05, 4.69) is 5.32 Å². The number of nitrogens with zero attached hydrogens (tertiary/aromatic N) is 2. The van der Waals surface area contributed by atoms with E-state index >= 15 is 0 Å². The molecule has 0 saturated carbocycles. The molecular formula is C16H15N3O3. The number of rotatable bonds is 5. The summed E-state index contributed by atoms with van der Waals surface area (Å²) < 4.78 is 1.37. The number of aliphatic hydroxyl groups is 1. The van der Waals surface area contributed by atoms with Crippen LogP contribution in [0.5, 0.6) is 0 Å². The summed E-state index contributed by atoms with van der Waals surface area (Å²) in [4.78, 5) is 23.5. The Morgan fingerprint density at radius 3 is 2.86 bits per heavy atom. The third-order valence-corrected chi connectivity index (χ3v) is 3.06. The van der Waals surface area contributed by atoms with Crippen LogP contribution in [0.4, 0.5) is 0 Å². The molecule has 1 atom stereocenters. The number of carbonyl (C=O) groups excluding carboxylic acids is 1. The van der Waals surface area contributed by atoms with Crippen molar-refractivity contribution in [2.24, 2.45) is 0 Å². The van der Waals surface area contributed by atoms with Gasteiger partial charge in [0, 0.05) is 24.4 Å². The minimum absolute atomic E-state index is 0.0109. The molecule has 1 heterocycles. The molecule has 22 heavy (non-hydrogen) atoms. The molecule has 1 aromatic heterocycles. The van der Waals surface area contributed by atoms with Crippen molar-refractivity contribution in [1.82, 2.24) is 9.88 Å². The first kappa shape index (κ1) is 15.5. The highest BCUT2D eigenvalue weighted by atomic mass is 16.3. The van der Waals surface area contributed by atoms with Crippen molar-refractivity contribution < 1.29 is 9.90 Å². The van der Waals surface area contributed by atoms with Gasteiger partial charge < -0.3 is 15.0 Å². The Balaban J connectivity index is 1.92. The summed E-state index contributed by atoms with van der Waals surface area (Å²) >= 11 is 0. The summed E-state index contributed by atoms with van der Waals surface area (Å²) in [5.41, 5.74) is 0.529. The highest BCUT2D eigenvalue weighted by molar-refractivity contribution is 5.94. The molecule has 6 heteroatoms. The van der Waals surface area contributed by atoms with Gasteiger partial charge in [0.1, 0.15) is 0 Å². The zero-order chi connectivity index (χ0) is 15.9. The summed E-state index contributed by atoms with van der Waals surface area (Å²) in [5.74, 6) is -0.378. The van der Waals surface area contributed by atoms with Crippen LogP contribution in [-0.4, -0.2) is 28.2 Å². The minimum Gasteiger partial charge on any atom is -0.389 e. The van der Waals surface area contributed by atoms with Crippen LogP contribution in [0.25, 0.3) is 0 Å². The molecule has 1 aromatic carbocycles. The van der Waals surface area contributed by atoms with E-state index in [1.807, 2.05) is 6.07 Å². The number of amides is 1. The van der Waals surface area contributed by atoms with E-state index in [4.69, 9.17) is 5.26 Å². The molecular weight excluding hydrogens is 282 g/mol. The van der Waals surface area contributed by atoms with Crippen LogP contribution in [0, 0.1) is 11.3 Å². The van der Waals surface area contributed by atoms with E-state index in [-0.39, 0.29) is 24.6 Å². The lowest BCUT2D eigenvalue weighted by Crippen LogP contribution is -2.36. The average Bonchev–Trinajstić information content (AvgIpc) is 2.55. The van der Waals surface area contributed by atoms with Crippen LogP contribution in [0.1, 0.15) is 15.9 Å². The van der Waals surface area contributed by atoms with Crippen LogP contribution in [0.3, 0.4) is 0 Å². The summed E-state index contributed by atoms with van der Waals surface area (Å²) in [6, 6.07) is 13.0. The Hall–Kier alpha value is -2.91. The van der Waals surface area contributed by atoms with Gasteiger partial charge in [-0.3, -0.25) is 9.59 Å². The minimum atomic E-state index is -0.886. The lowest BCUT2D eigenvalue weighted by Gasteiger charge is -2.13. The first-order chi connectivity index (χ1) is 10.6. The molecule has 1 amide bonds. The predicted molar refractivity (Wildman–Crippen MR) is 80.2 cm³/mol. The Labute approximate surface area is 127 Å². The molecule has 2 rings (SSSR count). The maximum atomic E-state index is 11.9. The van der Waals surface area contributed by atoms with E-state index in [0.717, 1.165) is 0 Å². The highest BCUT2D eigenvalue weighted by Gasteiger charge is 2.10. The SMILES string of the molecule is N#Cc1cccc(C(=O)NCC(O)Cn2ccccc2=O)c1. The van der Waals surface area contributed by atoms with E-state index in [1.54, 1.807) is 36.5 Å². The largest absolute Gasteiger partial charge is 0.389 e. The number of benzene rings is 1. The number of pyridine rings is 1. The molecule has 6 nitrogen and oxygen atoms in total. The van der Waals surface area contributed by atoms with Crippen molar-refractivity contribution >= 4 is 5.91 Å². The first-order valence-electron chi connectivity index (χ1n) is 6.72. The summed E-state index contributed by atoms with van der Waals surface area (Å²) in [6.07, 6.45) is 0.687. The zero-order valence-corrected chi connectivity index (χ0v) is 11.8. The maximum absolute atomic E-state index is 11.9. The monoisotopic (exact) mass is 297 g/mol. The quantitative estimate of drug-likeness (QED) is 0.840. The van der Waals surface area contributed by atoms with Gasteiger partial charge in [0.2, 0.25) is 0 Å². The van der Waals surface area contributed by atoms with Gasteiger partial charge in [-0.25, -0.2) is 0 Å². The third-order valence-electron chi connectivity index (χ3n) is 3.06. The van der Waals surface area contributed by atoms with Gasteiger partial charge in [-0.15, -0.1) is 0 Å². The molecule has 112 valence electrons. The van der Waals surface area contributed by atoms with E-state index in [9.17, 15) is 14.7 Å². The predicted octanol–water partition coefficient (Wildman–Crippen LogP) is 0.511. The van der Waals surface area contributed by atoms with E-state index in [1.165, 1.54) is 16.7 Å². The van der Waals surface area contributed by atoms with Crippen LogP contribution < -0.4 is 10.9 Å². The topological polar surface area (TPSA) is 95.1 Å². The molecule has 0 aliphatic carbocycles. The summed E-state index contributed by atoms with van der Waals surface area (Å²) in [5, 5.41) is 21.3. The van der Waals surface area contributed by atoms with Gasteiger partial charge >= 0.3 is 0 Å². The number of hydrogen-bond donors (Lipinski definition) is 2. The van der Waals surface area contributed by atoms with Crippen molar-refractivity contribution in [2.75, 3.05) is 6.54 Å².